The first-order valence-electron chi connectivity index (χ1n) is 5.89. The molecule has 1 aromatic heterocycles. The second-order valence-corrected chi connectivity index (χ2v) is 4.01. The van der Waals surface area contributed by atoms with Gasteiger partial charge >= 0.3 is 5.88 Å². The Bertz CT molecular complexity index is 690. The van der Waals surface area contributed by atoms with Crippen LogP contribution in [0.1, 0.15) is 20.9 Å². The van der Waals surface area contributed by atoms with Gasteiger partial charge in [0, 0.05) is 18.3 Å². The first-order valence-corrected chi connectivity index (χ1v) is 5.89. The summed E-state index contributed by atoms with van der Waals surface area (Å²) in [6.45, 7) is 0. The number of nitrogens with zero attached hydrogens (tertiary/aromatic N) is 1. The van der Waals surface area contributed by atoms with Gasteiger partial charge in [0.05, 0.1) is 6.07 Å². The summed E-state index contributed by atoms with van der Waals surface area (Å²) in [6.07, 6.45) is 0. The van der Waals surface area contributed by atoms with Crippen LogP contribution in [0.4, 0.5) is 11.6 Å². The van der Waals surface area contributed by atoms with Crippen LogP contribution in [0.15, 0.2) is 40.8 Å². The van der Waals surface area contributed by atoms with Crippen molar-refractivity contribution in [1.82, 2.24) is 5.32 Å². The Kier molecular flexibility index (Phi) is 3.98. The van der Waals surface area contributed by atoms with Crippen LogP contribution in [0.2, 0.25) is 0 Å². The van der Waals surface area contributed by atoms with Gasteiger partial charge in [-0.05, 0) is 30.3 Å². The molecule has 0 saturated carbocycles. The molecule has 0 aliphatic heterocycles. The summed E-state index contributed by atoms with van der Waals surface area (Å²) in [5, 5.41) is 15.5. The lowest BCUT2D eigenvalue weighted by atomic mass is 10.2. The van der Waals surface area contributed by atoms with E-state index in [0.717, 1.165) is 6.07 Å². The highest BCUT2D eigenvalue weighted by molar-refractivity contribution is 6.02. The molecule has 0 spiro atoms. The zero-order valence-electron chi connectivity index (χ0n) is 11.0. The summed E-state index contributed by atoms with van der Waals surface area (Å²) in [5.41, 5.74) is 0.885. The van der Waals surface area contributed by atoms with Crippen molar-refractivity contribution in [2.75, 3.05) is 12.4 Å². The largest absolute Gasteiger partial charge is 0.433 e. The average Bonchev–Trinajstić information content (AvgIpc) is 2.97. The summed E-state index contributed by atoms with van der Waals surface area (Å²) in [5.74, 6) is -1.53. The fourth-order valence-electron chi connectivity index (χ4n) is 1.59. The minimum Gasteiger partial charge on any atom is -0.395 e. The summed E-state index contributed by atoms with van der Waals surface area (Å²) < 4.78 is 4.78. The lowest BCUT2D eigenvalue weighted by Crippen LogP contribution is -2.17. The van der Waals surface area contributed by atoms with Crippen LogP contribution in [-0.4, -0.2) is 23.8 Å². The van der Waals surface area contributed by atoms with E-state index in [1.165, 1.54) is 13.1 Å². The summed E-state index contributed by atoms with van der Waals surface area (Å²) in [4.78, 5) is 32.9. The number of amides is 2. The molecule has 2 amide bonds. The third-order valence-electron chi connectivity index (χ3n) is 2.63. The van der Waals surface area contributed by atoms with Crippen molar-refractivity contribution < 1.29 is 18.9 Å². The number of nitrogens with one attached hydrogen (secondary N) is 2. The maximum absolute atomic E-state index is 11.8. The fraction of sp³-hybridized carbons (Fsp3) is 0.0769. The lowest BCUT2D eigenvalue weighted by Gasteiger charge is -2.04. The minimum absolute atomic E-state index is 0.169. The van der Waals surface area contributed by atoms with Crippen LogP contribution in [0.5, 0.6) is 0 Å². The molecular formula is C13H11N3O5. The Hall–Kier alpha value is -3.16. The molecule has 0 fully saturated rings. The van der Waals surface area contributed by atoms with Gasteiger partial charge in [0.1, 0.15) is 4.92 Å². The molecule has 0 bridgehead atoms. The Morgan fingerprint density at radius 3 is 2.29 bits per heavy atom. The molecule has 1 aromatic carbocycles. The van der Waals surface area contributed by atoms with Gasteiger partial charge < -0.3 is 15.1 Å². The van der Waals surface area contributed by atoms with Crippen molar-refractivity contribution in [2.24, 2.45) is 0 Å². The third-order valence-corrected chi connectivity index (χ3v) is 2.63. The van der Waals surface area contributed by atoms with Crippen LogP contribution in [0.25, 0.3) is 0 Å². The SMILES string of the molecule is CNC(=O)c1ccc(NC(=O)c2ccc([N+](=O)[O-])o2)cc1. The van der Waals surface area contributed by atoms with E-state index in [1.54, 1.807) is 24.3 Å². The molecule has 0 aliphatic carbocycles. The number of benzene rings is 1. The smallest absolute Gasteiger partial charge is 0.395 e. The maximum atomic E-state index is 11.8. The van der Waals surface area contributed by atoms with E-state index in [9.17, 15) is 19.7 Å². The number of nitro groups is 1. The number of anilines is 1. The van der Waals surface area contributed by atoms with Gasteiger partial charge in [-0.2, -0.15) is 0 Å². The van der Waals surface area contributed by atoms with Crippen molar-refractivity contribution in [3.8, 4) is 0 Å². The molecule has 0 unspecified atom stereocenters. The minimum atomic E-state index is -0.727. The Morgan fingerprint density at radius 1 is 1.10 bits per heavy atom. The van der Waals surface area contributed by atoms with Crippen molar-refractivity contribution in [1.29, 1.82) is 0 Å². The van der Waals surface area contributed by atoms with Gasteiger partial charge in [0.2, 0.25) is 0 Å². The predicted octanol–water partition coefficient (Wildman–Crippen LogP) is 1.80. The van der Waals surface area contributed by atoms with Gasteiger partial charge in [-0.1, -0.05) is 0 Å². The van der Waals surface area contributed by atoms with E-state index in [4.69, 9.17) is 4.42 Å². The molecule has 21 heavy (non-hydrogen) atoms. The Balaban J connectivity index is 2.08. The summed E-state index contributed by atoms with van der Waals surface area (Å²) in [6, 6.07) is 8.48. The van der Waals surface area contributed by atoms with E-state index in [1.807, 2.05) is 0 Å². The van der Waals surface area contributed by atoms with Gasteiger partial charge in [-0.15, -0.1) is 0 Å². The van der Waals surface area contributed by atoms with E-state index in [2.05, 4.69) is 10.6 Å². The molecule has 0 atom stereocenters. The monoisotopic (exact) mass is 289 g/mol. The van der Waals surface area contributed by atoms with E-state index in [0.29, 0.717) is 11.3 Å². The van der Waals surface area contributed by atoms with Gasteiger partial charge in [-0.25, -0.2) is 0 Å². The van der Waals surface area contributed by atoms with Crippen LogP contribution in [-0.2, 0) is 0 Å². The molecule has 0 radical (unpaired) electrons. The second-order valence-electron chi connectivity index (χ2n) is 4.01. The lowest BCUT2D eigenvalue weighted by molar-refractivity contribution is -0.402. The number of rotatable bonds is 4. The van der Waals surface area contributed by atoms with Crippen LogP contribution in [0.3, 0.4) is 0 Å². The first kappa shape index (κ1) is 14.3. The average molecular weight is 289 g/mol. The quantitative estimate of drug-likeness (QED) is 0.658. The van der Waals surface area contributed by atoms with E-state index < -0.39 is 16.7 Å². The molecule has 2 rings (SSSR count). The molecule has 8 nitrogen and oxygen atoms in total. The number of carbonyl (C=O) groups is 2. The molecule has 0 saturated heterocycles. The topological polar surface area (TPSA) is 114 Å². The molecular weight excluding hydrogens is 278 g/mol. The number of carbonyl (C=O) groups excluding carboxylic acids is 2. The van der Waals surface area contributed by atoms with Crippen molar-refractivity contribution in [3.05, 3.63) is 57.8 Å². The van der Waals surface area contributed by atoms with Gasteiger partial charge in [-0.3, -0.25) is 19.7 Å². The van der Waals surface area contributed by atoms with E-state index in [-0.39, 0.29) is 11.7 Å². The van der Waals surface area contributed by atoms with Gasteiger partial charge in [0.15, 0.2) is 5.76 Å². The highest BCUT2D eigenvalue weighted by Crippen LogP contribution is 2.17. The molecule has 0 aliphatic rings. The molecule has 8 heteroatoms. The Labute approximate surface area is 118 Å². The third kappa shape index (κ3) is 3.24. The number of hydrogen-bond donors (Lipinski definition) is 2. The zero-order chi connectivity index (χ0) is 15.4. The van der Waals surface area contributed by atoms with Crippen molar-refractivity contribution >= 4 is 23.4 Å². The maximum Gasteiger partial charge on any atom is 0.433 e. The zero-order valence-corrected chi connectivity index (χ0v) is 11.0. The van der Waals surface area contributed by atoms with Crippen LogP contribution < -0.4 is 10.6 Å². The second kappa shape index (κ2) is 5.87. The van der Waals surface area contributed by atoms with E-state index >= 15 is 0 Å². The van der Waals surface area contributed by atoms with Crippen molar-refractivity contribution in [3.63, 3.8) is 0 Å². The predicted molar refractivity (Wildman–Crippen MR) is 73.1 cm³/mol. The van der Waals surface area contributed by atoms with Crippen LogP contribution in [0, 0.1) is 10.1 Å². The van der Waals surface area contributed by atoms with Crippen molar-refractivity contribution in [2.45, 2.75) is 0 Å². The first-order chi connectivity index (χ1) is 10.0. The normalized spacial score (nSPS) is 9.95. The highest BCUT2D eigenvalue weighted by atomic mass is 16.6. The molecule has 108 valence electrons. The molecule has 2 aromatic rings. The number of furan rings is 1. The summed E-state index contributed by atoms with van der Waals surface area (Å²) >= 11 is 0. The molecule has 1 heterocycles. The fourth-order valence-corrected chi connectivity index (χ4v) is 1.59. The molecule has 2 N–H and O–H groups in total. The van der Waals surface area contributed by atoms with Gasteiger partial charge in [0.25, 0.3) is 11.8 Å². The number of hydrogen-bond acceptors (Lipinski definition) is 5. The highest BCUT2D eigenvalue weighted by Gasteiger charge is 2.17. The standard InChI is InChI=1S/C13H11N3O5/c1-14-12(17)8-2-4-9(5-3-8)15-13(18)10-6-7-11(21-10)16(19)20/h2-7H,1H3,(H,14,17)(H,15,18). The Morgan fingerprint density at radius 2 is 1.76 bits per heavy atom. The summed E-state index contributed by atoms with van der Waals surface area (Å²) in [7, 11) is 1.52. The van der Waals surface area contributed by atoms with Crippen LogP contribution >= 0.6 is 0 Å².